The van der Waals surface area contributed by atoms with E-state index in [0.29, 0.717) is 0 Å². The van der Waals surface area contributed by atoms with Crippen LogP contribution in [-0.2, 0) is 14.6 Å². The molecule has 174 valence electrons. The number of rotatable bonds is 8. The summed E-state index contributed by atoms with van der Waals surface area (Å²) in [6.45, 7) is -0.290. The van der Waals surface area contributed by atoms with E-state index >= 15 is 0 Å². The van der Waals surface area contributed by atoms with Crippen LogP contribution < -0.4 is 10.5 Å². The first-order chi connectivity index (χ1) is 14.4. The highest BCUT2D eigenvalue weighted by Gasteiger charge is 2.35. The summed E-state index contributed by atoms with van der Waals surface area (Å²) in [5.74, 6) is -2.89. The Morgan fingerprint density at radius 2 is 1.90 bits per heavy atom. The number of benzene rings is 1. The number of hydrogen-bond acceptors (Lipinski definition) is 5. The van der Waals surface area contributed by atoms with Gasteiger partial charge in [-0.2, -0.15) is 13.2 Å². The average molecular weight is 470 g/mol. The number of carbonyl (C=O) groups excluding carboxylic acids is 1. The molecule has 31 heavy (non-hydrogen) atoms. The molecule has 0 radical (unpaired) electrons. The third kappa shape index (κ3) is 7.46. The summed E-state index contributed by atoms with van der Waals surface area (Å²) < 4.78 is 94.3. The SMILES string of the molecule is NC/C(=C\F)COc1ccc(S(=O)(=O)CC2CCN(C(=O)CC(F)(F)F)CC2)c(F)c1. The number of piperidine rings is 1. The molecule has 12 heteroatoms. The van der Waals surface area contributed by atoms with Gasteiger partial charge in [0.25, 0.3) is 0 Å². The van der Waals surface area contributed by atoms with Crippen molar-refractivity contribution in [2.24, 2.45) is 11.7 Å². The van der Waals surface area contributed by atoms with Gasteiger partial charge in [0.05, 0.1) is 12.1 Å². The fourth-order valence-corrected chi connectivity index (χ4v) is 4.93. The molecule has 1 aliphatic rings. The monoisotopic (exact) mass is 470 g/mol. The number of nitrogens with two attached hydrogens (primary N) is 1. The van der Waals surface area contributed by atoms with E-state index in [4.69, 9.17) is 10.5 Å². The highest BCUT2D eigenvalue weighted by Crippen LogP contribution is 2.28. The predicted octanol–water partition coefficient (Wildman–Crippen LogP) is 2.98. The molecule has 0 unspecified atom stereocenters. The second kappa shape index (κ2) is 10.4. The average Bonchev–Trinajstić information content (AvgIpc) is 2.67. The number of halogens is 5. The second-order valence-corrected chi connectivity index (χ2v) is 9.25. The Morgan fingerprint density at radius 3 is 2.42 bits per heavy atom. The Morgan fingerprint density at radius 1 is 1.26 bits per heavy atom. The summed E-state index contributed by atoms with van der Waals surface area (Å²) in [7, 11) is -4.02. The first-order valence-corrected chi connectivity index (χ1v) is 11.1. The lowest BCUT2D eigenvalue weighted by molar-refractivity contribution is -0.162. The molecule has 1 aromatic rings. The lowest BCUT2D eigenvalue weighted by Crippen LogP contribution is -2.41. The van der Waals surface area contributed by atoms with Crippen LogP contribution >= 0.6 is 0 Å². The van der Waals surface area contributed by atoms with E-state index in [0.717, 1.165) is 17.0 Å². The van der Waals surface area contributed by atoms with Gasteiger partial charge in [0.15, 0.2) is 9.84 Å². The molecule has 0 atom stereocenters. The summed E-state index contributed by atoms with van der Waals surface area (Å²) in [4.78, 5) is 12.2. The van der Waals surface area contributed by atoms with E-state index in [2.05, 4.69) is 0 Å². The minimum absolute atomic E-state index is 0.000681. The minimum atomic E-state index is -4.60. The van der Waals surface area contributed by atoms with E-state index in [-0.39, 0.29) is 56.7 Å². The Kier molecular flexibility index (Phi) is 8.41. The number of ether oxygens (including phenoxy) is 1. The number of alkyl halides is 3. The fourth-order valence-electron chi connectivity index (χ4n) is 3.17. The maximum atomic E-state index is 14.4. The molecule has 6 nitrogen and oxygen atoms in total. The molecule has 1 heterocycles. The molecular weight excluding hydrogens is 447 g/mol. The van der Waals surface area contributed by atoms with Crippen molar-refractivity contribution in [2.45, 2.75) is 30.3 Å². The molecule has 1 fully saturated rings. The zero-order valence-corrected chi connectivity index (χ0v) is 17.3. The van der Waals surface area contributed by atoms with E-state index in [1.165, 1.54) is 6.07 Å². The first kappa shape index (κ1) is 25.1. The third-order valence-corrected chi connectivity index (χ3v) is 6.76. The number of likely N-dealkylation sites (tertiary alicyclic amines) is 1. The van der Waals surface area contributed by atoms with Gasteiger partial charge in [-0.3, -0.25) is 4.79 Å². The van der Waals surface area contributed by atoms with Crippen molar-refractivity contribution in [2.75, 3.05) is 32.0 Å². The van der Waals surface area contributed by atoms with E-state index < -0.39 is 50.7 Å². The van der Waals surface area contributed by atoms with Gasteiger partial charge in [-0.05, 0) is 30.9 Å². The van der Waals surface area contributed by atoms with Crippen molar-refractivity contribution >= 4 is 15.7 Å². The van der Waals surface area contributed by atoms with Gasteiger partial charge in [0, 0.05) is 31.3 Å². The number of nitrogens with zero attached hydrogens (tertiary/aromatic N) is 1. The summed E-state index contributed by atoms with van der Waals surface area (Å²) >= 11 is 0. The van der Waals surface area contributed by atoms with Gasteiger partial charge in [-0.15, -0.1) is 0 Å². The summed E-state index contributed by atoms with van der Waals surface area (Å²) in [5, 5.41) is 0. The molecule has 1 saturated heterocycles. The van der Waals surface area contributed by atoms with Crippen LogP contribution in [0.15, 0.2) is 35.0 Å². The Bertz CT molecular complexity index is 910. The van der Waals surface area contributed by atoms with Crippen molar-refractivity contribution in [3.8, 4) is 5.75 Å². The molecular formula is C19H23F5N2O4S. The molecule has 1 aromatic carbocycles. The standard InChI is InChI=1S/C19H23F5N2O4S/c20-9-14(10-25)11-30-15-1-2-17(16(21)7-15)31(28,29)12-13-3-5-26(6-4-13)18(27)8-19(22,23)24/h1-2,7,9,13H,3-6,8,10-12,25H2/b14-9+. The van der Waals surface area contributed by atoms with E-state index in [1.807, 2.05) is 0 Å². The highest BCUT2D eigenvalue weighted by atomic mass is 32.2. The van der Waals surface area contributed by atoms with Crippen LogP contribution in [0, 0.1) is 11.7 Å². The minimum Gasteiger partial charge on any atom is -0.489 e. The summed E-state index contributed by atoms with van der Waals surface area (Å²) in [6.07, 6.45) is -5.48. The van der Waals surface area contributed by atoms with Crippen molar-refractivity contribution in [3.63, 3.8) is 0 Å². The van der Waals surface area contributed by atoms with Gasteiger partial charge in [-0.1, -0.05) is 0 Å². The zero-order chi connectivity index (χ0) is 23.2. The Labute approximate surface area is 176 Å². The molecule has 0 spiro atoms. The Hall–Kier alpha value is -2.21. The maximum Gasteiger partial charge on any atom is 0.397 e. The van der Waals surface area contributed by atoms with Gasteiger partial charge < -0.3 is 15.4 Å². The second-order valence-electron chi connectivity index (χ2n) is 7.25. The lowest BCUT2D eigenvalue weighted by atomic mass is 9.99. The van der Waals surface area contributed by atoms with Crippen LogP contribution in [0.25, 0.3) is 0 Å². The summed E-state index contributed by atoms with van der Waals surface area (Å²) in [6, 6.07) is 3.15. The van der Waals surface area contributed by atoms with Gasteiger partial charge in [0.2, 0.25) is 5.91 Å². The molecule has 0 aliphatic carbocycles. The quantitative estimate of drug-likeness (QED) is 0.590. The lowest BCUT2D eigenvalue weighted by Gasteiger charge is -2.32. The van der Waals surface area contributed by atoms with Crippen molar-refractivity contribution in [1.82, 2.24) is 4.90 Å². The largest absolute Gasteiger partial charge is 0.489 e. The molecule has 2 N–H and O–H groups in total. The van der Waals surface area contributed by atoms with E-state index in [9.17, 15) is 35.2 Å². The van der Waals surface area contributed by atoms with Crippen molar-refractivity contribution in [1.29, 1.82) is 0 Å². The van der Waals surface area contributed by atoms with Gasteiger partial charge in [0.1, 0.15) is 29.5 Å². The number of sulfone groups is 1. The molecule has 0 saturated carbocycles. The van der Waals surface area contributed by atoms with Crippen LogP contribution in [0.2, 0.25) is 0 Å². The van der Waals surface area contributed by atoms with Gasteiger partial charge >= 0.3 is 6.18 Å². The molecule has 0 aromatic heterocycles. The predicted molar refractivity (Wildman–Crippen MR) is 102 cm³/mol. The van der Waals surface area contributed by atoms with Gasteiger partial charge in [-0.25, -0.2) is 17.2 Å². The Balaban J connectivity index is 1.96. The van der Waals surface area contributed by atoms with Crippen LogP contribution in [-0.4, -0.2) is 57.4 Å². The zero-order valence-electron chi connectivity index (χ0n) is 16.5. The van der Waals surface area contributed by atoms with E-state index in [1.54, 1.807) is 0 Å². The topological polar surface area (TPSA) is 89.7 Å². The highest BCUT2D eigenvalue weighted by molar-refractivity contribution is 7.91. The van der Waals surface area contributed by atoms with Crippen LogP contribution in [0.5, 0.6) is 5.75 Å². The molecule has 1 aliphatic heterocycles. The van der Waals surface area contributed by atoms with Crippen LogP contribution in [0.1, 0.15) is 19.3 Å². The fraction of sp³-hybridized carbons (Fsp3) is 0.526. The molecule has 1 amide bonds. The smallest absolute Gasteiger partial charge is 0.397 e. The number of hydrogen-bond donors (Lipinski definition) is 1. The maximum absolute atomic E-state index is 14.4. The first-order valence-electron chi connectivity index (χ1n) is 9.43. The van der Waals surface area contributed by atoms with Crippen molar-refractivity contribution < 1.29 is 39.9 Å². The summed E-state index contributed by atoms with van der Waals surface area (Å²) in [5.41, 5.74) is 5.42. The molecule has 2 rings (SSSR count). The number of carbonyl (C=O) groups is 1. The van der Waals surface area contributed by atoms with Crippen LogP contribution in [0.3, 0.4) is 0 Å². The number of amides is 1. The van der Waals surface area contributed by atoms with Crippen molar-refractivity contribution in [3.05, 3.63) is 35.9 Å². The van der Waals surface area contributed by atoms with Crippen LogP contribution in [0.4, 0.5) is 22.0 Å². The molecule has 0 bridgehead atoms. The third-order valence-electron chi connectivity index (χ3n) is 4.85. The normalized spacial score (nSPS) is 16.5.